The lowest BCUT2D eigenvalue weighted by Crippen LogP contribution is -2.28. The van der Waals surface area contributed by atoms with Crippen molar-refractivity contribution < 1.29 is 9.63 Å². The highest BCUT2D eigenvalue weighted by Crippen LogP contribution is 2.26. The number of halogens is 1. The van der Waals surface area contributed by atoms with Gasteiger partial charge in [-0.05, 0) is 36.1 Å². The maximum Gasteiger partial charge on any atom is 0.229 e. The molecule has 5 heteroatoms. The van der Waals surface area contributed by atoms with Crippen molar-refractivity contribution in [3.8, 4) is 11.4 Å². The number of aliphatic hydroxyl groups excluding tert-OH is 1. The molecule has 108 valence electrons. The molecule has 0 saturated carbocycles. The molecule has 2 aromatic rings. The molecule has 1 aromatic carbocycles. The van der Waals surface area contributed by atoms with Crippen LogP contribution >= 0.6 is 15.9 Å². The van der Waals surface area contributed by atoms with Gasteiger partial charge in [0.1, 0.15) is 0 Å². The molecular formula is C15H19BrN2O2. The van der Waals surface area contributed by atoms with Gasteiger partial charge in [0.15, 0.2) is 0 Å². The number of aryl methyl sites for hydroxylation is 1. The first-order chi connectivity index (χ1) is 9.27. The molecule has 1 atom stereocenters. The van der Waals surface area contributed by atoms with Gasteiger partial charge in [0, 0.05) is 10.0 Å². The summed E-state index contributed by atoms with van der Waals surface area (Å²) >= 11 is 3.43. The summed E-state index contributed by atoms with van der Waals surface area (Å²) in [5.74, 6) is 1.02. The van der Waals surface area contributed by atoms with Gasteiger partial charge in [0.2, 0.25) is 11.7 Å². The van der Waals surface area contributed by atoms with Crippen molar-refractivity contribution in [3.63, 3.8) is 0 Å². The van der Waals surface area contributed by atoms with E-state index in [1.54, 1.807) is 0 Å². The maximum absolute atomic E-state index is 10.1. The van der Waals surface area contributed by atoms with Crippen LogP contribution in [0.3, 0.4) is 0 Å². The third kappa shape index (κ3) is 3.46. The SMILES string of the molecule is Cc1cc(Br)ccc1-c1noc(CC(O)C(C)(C)C)n1. The monoisotopic (exact) mass is 338 g/mol. The summed E-state index contributed by atoms with van der Waals surface area (Å²) in [5, 5.41) is 14.1. The lowest BCUT2D eigenvalue weighted by Gasteiger charge is -2.24. The number of aliphatic hydroxyl groups is 1. The number of rotatable bonds is 3. The summed E-state index contributed by atoms with van der Waals surface area (Å²) in [5.41, 5.74) is 1.80. The van der Waals surface area contributed by atoms with Gasteiger partial charge in [-0.25, -0.2) is 0 Å². The van der Waals surface area contributed by atoms with E-state index in [1.165, 1.54) is 0 Å². The maximum atomic E-state index is 10.1. The Kier molecular flexibility index (Phi) is 4.30. The van der Waals surface area contributed by atoms with Gasteiger partial charge in [-0.15, -0.1) is 0 Å². The van der Waals surface area contributed by atoms with Crippen LogP contribution in [0.25, 0.3) is 11.4 Å². The molecule has 0 aliphatic carbocycles. The van der Waals surface area contributed by atoms with Crippen molar-refractivity contribution >= 4 is 15.9 Å². The fourth-order valence-electron chi connectivity index (χ4n) is 1.80. The van der Waals surface area contributed by atoms with Crippen molar-refractivity contribution in [2.24, 2.45) is 5.41 Å². The second-order valence-corrected chi connectivity index (χ2v) is 6.97. The Bertz CT molecular complexity index is 602. The van der Waals surface area contributed by atoms with Crippen molar-refractivity contribution in [2.45, 2.75) is 40.2 Å². The number of hydrogen-bond donors (Lipinski definition) is 1. The topological polar surface area (TPSA) is 59.2 Å². The van der Waals surface area contributed by atoms with Gasteiger partial charge in [-0.3, -0.25) is 0 Å². The molecule has 0 spiro atoms. The number of hydrogen-bond acceptors (Lipinski definition) is 4. The van der Waals surface area contributed by atoms with Crippen LogP contribution in [0.15, 0.2) is 27.2 Å². The van der Waals surface area contributed by atoms with Gasteiger partial charge < -0.3 is 9.63 Å². The molecule has 0 aliphatic rings. The summed E-state index contributed by atoms with van der Waals surface area (Å²) in [6, 6.07) is 5.91. The molecule has 0 saturated heterocycles. The molecule has 1 aromatic heterocycles. The second kappa shape index (κ2) is 5.66. The van der Waals surface area contributed by atoms with Crippen LogP contribution in [0.4, 0.5) is 0 Å². The molecule has 0 aliphatic heterocycles. The first-order valence-corrected chi connectivity index (χ1v) is 7.34. The van der Waals surface area contributed by atoms with Crippen LogP contribution in [0.5, 0.6) is 0 Å². The van der Waals surface area contributed by atoms with E-state index in [0.29, 0.717) is 18.1 Å². The van der Waals surface area contributed by atoms with E-state index in [2.05, 4.69) is 26.1 Å². The van der Waals surface area contributed by atoms with Gasteiger partial charge in [-0.2, -0.15) is 4.98 Å². The van der Waals surface area contributed by atoms with E-state index in [-0.39, 0.29) is 5.41 Å². The Morgan fingerprint density at radius 1 is 1.35 bits per heavy atom. The normalized spacial score (nSPS) is 13.5. The lowest BCUT2D eigenvalue weighted by atomic mass is 9.87. The van der Waals surface area contributed by atoms with Gasteiger partial charge in [0.05, 0.1) is 12.5 Å². The minimum Gasteiger partial charge on any atom is -0.392 e. The quantitative estimate of drug-likeness (QED) is 0.925. The average molecular weight is 339 g/mol. The van der Waals surface area contributed by atoms with Crippen LogP contribution in [0.2, 0.25) is 0 Å². The average Bonchev–Trinajstić information content (AvgIpc) is 2.76. The Labute approximate surface area is 127 Å². The third-order valence-electron chi connectivity index (χ3n) is 3.27. The Morgan fingerprint density at radius 3 is 2.65 bits per heavy atom. The molecule has 0 amide bonds. The largest absolute Gasteiger partial charge is 0.392 e. The first-order valence-electron chi connectivity index (χ1n) is 6.54. The Morgan fingerprint density at radius 2 is 2.05 bits per heavy atom. The van der Waals surface area contributed by atoms with E-state index < -0.39 is 6.10 Å². The molecule has 0 fully saturated rings. The number of aromatic nitrogens is 2. The van der Waals surface area contributed by atoms with Gasteiger partial charge >= 0.3 is 0 Å². The summed E-state index contributed by atoms with van der Waals surface area (Å²) in [6.07, 6.45) is -0.145. The molecular weight excluding hydrogens is 320 g/mol. The summed E-state index contributed by atoms with van der Waals surface area (Å²) in [7, 11) is 0. The lowest BCUT2D eigenvalue weighted by molar-refractivity contribution is 0.0565. The molecule has 4 nitrogen and oxygen atoms in total. The van der Waals surface area contributed by atoms with E-state index in [1.807, 2.05) is 45.9 Å². The Hall–Kier alpha value is -1.20. The smallest absolute Gasteiger partial charge is 0.229 e. The van der Waals surface area contributed by atoms with E-state index in [9.17, 15) is 5.11 Å². The summed E-state index contributed by atoms with van der Waals surface area (Å²) < 4.78 is 6.26. The van der Waals surface area contributed by atoms with Crippen molar-refractivity contribution in [2.75, 3.05) is 0 Å². The number of nitrogens with zero attached hydrogens (tertiary/aromatic N) is 2. The van der Waals surface area contributed by atoms with Crippen LogP contribution in [-0.4, -0.2) is 21.4 Å². The molecule has 2 rings (SSSR count). The minimum atomic E-state index is -0.512. The van der Waals surface area contributed by atoms with E-state index in [4.69, 9.17) is 4.52 Å². The zero-order chi connectivity index (χ0) is 14.9. The van der Waals surface area contributed by atoms with Crippen LogP contribution in [0, 0.1) is 12.3 Å². The third-order valence-corrected chi connectivity index (χ3v) is 3.76. The highest BCUT2D eigenvalue weighted by Gasteiger charge is 2.25. The van der Waals surface area contributed by atoms with Crippen molar-refractivity contribution in [1.29, 1.82) is 0 Å². The highest BCUT2D eigenvalue weighted by molar-refractivity contribution is 9.10. The fraction of sp³-hybridized carbons (Fsp3) is 0.467. The van der Waals surface area contributed by atoms with Crippen molar-refractivity contribution in [3.05, 3.63) is 34.1 Å². The minimum absolute atomic E-state index is 0.206. The van der Waals surface area contributed by atoms with Crippen molar-refractivity contribution in [1.82, 2.24) is 10.1 Å². The first kappa shape index (κ1) is 15.2. The zero-order valence-corrected chi connectivity index (χ0v) is 13.7. The molecule has 1 heterocycles. The molecule has 1 unspecified atom stereocenters. The zero-order valence-electron chi connectivity index (χ0n) is 12.1. The fourth-order valence-corrected chi connectivity index (χ4v) is 2.27. The highest BCUT2D eigenvalue weighted by atomic mass is 79.9. The standard InChI is InChI=1S/C15H19BrN2O2/c1-9-7-10(16)5-6-11(9)14-17-13(20-18-14)8-12(19)15(2,3)4/h5-7,12,19H,8H2,1-4H3. The Balaban J connectivity index is 2.21. The summed E-state index contributed by atoms with van der Waals surface area (Å²) in [4.78, 5) is 4.37. The summed E-state index contributed by atoms with van der Waals surface area (Å²) in [6.45, 7) is 7.94. The molecule has 20 heavy (non-hydrogen) atoms. The molecule has 0 radical (unpaired) electrons. The van der Waals surface area contributed by atoms with Gasteiger partial charge in [-0.1, -0.05) is 41.9 Å². The van der Waals surface area contributed by atoms with E-state index >= 15 is 0 Å². The predicted molar refractivity (Wildman–Crippen MR) is 81.3 cm³/mol. The van der Waals surface area contributed by atoms with E-state index in [0.717, 1.165) is 15.6 Å². The van der Waals surface area contributed by atoms with Crippen LogP contribution in [0.1, 0.15) is 32.2 Å². The van der Waals surface area contributed by atoms with Gasteiger partial charge in [0.25, 0.3) is 0 Å². The van der Waals surface area contributed by atoms with Crippen LogP contribution < -0.4 is 0 Å². The van der Waals surface area contributed by atoms with Crippen LogP contribution in [-0.2, 0) is 6.42 Å². The molecule has 1 N–H and O–H groups in total. The molecule has 0 bridgehead atoms. The second-order valence-electron chi connectivity index (χ2n) is 6.06. The predicted octanol–water partition coefficient (Wildman–Crippen LogP) is 3.76. The number of benzene rings is 1.